The van der Waals surface area contributed by atoms with Crippen LogP contribution in [0.2, 0.25) is 0 Å². The standard InChI is InChI=1S/C10H13BrN4S/c1-3-7-9(11)8(15(2)14-7)4-6-5-13-10(12)16-6/h5H,3-4H2,1-2H3,(H2,12,13). The van der Waals surface area contributed by atoms with Crippen LogP contribution in [0.15, 0.2) is 10.7 Å². The van der Waals surface area contributed by atoms with Gasteiger partial charge in [-0.05, 0) is 22.4 Å². The van der Waals surface area contributed by atoms with E-state index in [1.807, 2.05) is 17.9 Å². The Morgan fingerprint density at radius 1 is 1.56 bits per heavy atom. The molecule has 0 radical (unpaired) electrons. The van der Waals surface area contributed by atoms with E-state index < -0.39 is 0 Å². The number of thiazole rings is 1. The number of aromatic nitrogens is 3. The van der Waals surface area contributed by atoms with Crippen molar-refractivity contribution in [2.75, 3.05) is 5.73 Å². The number of aryl methyl sites for hydroxylation is 2. The van der Waals surface area contributed by atoms with Gasteiger partial charge in [0.2, 0.25) is 0 Å². The number of nitrogens with zero attached hydrogens (tertiary/aromatic N) is 3. The van der Waals surface area contributed by atoms with Crippen LogP contribution in [0.1, 0.15) is 23.2 Å². The first kappa shape index (κ1) is 11.6. The molecule has 0 bridgehead atoms. The lowest BCUT2D eigenvalue weighted by Gasteiger charge is -1.99. The molecule has 2 N–H and O–H groups in total. The van der Waals surface area contributed by atoms with Crippen LogP contribution in [0.3, 0.4) is 0 Å². The largest absolute Gasteiger partial charge is 0.375 e. The molecular weight excluding hydrogens is 288 g/mol. The van der Waals surface area contributed by atoms with Crippen molar-refractivity contribution in [2.24, 2.45) is 7.05 Å². The van der Waals surface area contributed by atoms with Gasteiger partial charge in [0.15, 0.2) is 5.13 Å². The van der Waals surface area contributed by atoms with Gasteiger partial charge in [-0.1, -0.05) is 6.92 Å². The molecular formula is C10H13BrN4S. The maximum absolute atomic E-state index is 5.61. The van der Waals surface area contributed by atoms with Crippen LogP contribution in [-0.2, 0) is 19.9 Å². The minimum Gasteiger partial charge on any atom is -0.375 e. The number of rotatable bonds is 3. The summed E-state index contributed by atoms with van der Waals surface area (Å²) in [6, 6.07) is 0. The average molecular weight is 301 g/mol. The number of anilines is 1. The molecule has 0 spiro atoms. The quantitative estimate of drug-likeness (QED) is 0.947. The fourth-order valence-corrected chi connectivity index (χ4v) is 3.03. The molecule has 2 rings (SSSR count). The molecule has 0 aromatic carbocycles. The first-order valence-corrected chi connectivity index (χ1v) is 6.63. The van der Waals surface area contributed by atoms with Crippen molar-refractivity contribution in [3.8, 4) is 0 Å². The molecule has 0 aliphatic carbocycles. The van der Waals surface area contributed by atoms with Gasteiger partial charge in [-0.3, -0.25) is 4.68 Å². The van der Waals surface area contributed by atoms with E-state index >= 15 is 0 Å². The van der Waals surface area contributed by atoms with E-state index in [-0.39, 0.29) is 0 Å². The van der Waals surface area contributed by atoms with Gasteiger partial charge in [0.1, 0.15) is 0 Å². The fraction of sp³-hybridized carbons (Fsp3) is 0.400. The Bertz CT molecular complexity index is 503. The Labute approximate surface area is 107 Å². The summed E-state index contributed by atoms with van der Waals surface area (Å²) < 4.78 is 3.02. The van der Waals surface area contributed by atoms with Crippen LogP contribution in [-0.4, -0.2) is 14.8 Å². The Morgan fingerprint density at radius 2 is 2.31 bits per heavy atom. The number of hydrogen-bond donors (Lipinski definition) is 1. The molecule has 2 aromatic heterocycles. The van der Waals surface area contributed by atoms with Crippen molar-refractivity contribution in [2.45, 2.75) is 19.8 Å². The van der Waals surface area contributed by atoms with E-state index in [2.05, 4.69) is 32.9 Å². The molecule has 0 fully saturated rings. The van der Waals surface area contributed by atoms with Gasteiger partial charge < -0.3 is 5.73 Å². The third-order valence-corrected chi connectivity index (χ3v) is 4.16. The van der Waals surface area contributed by atoms with E-state index in [1.165, 1.54) is 17.0 Å². The summed E-state index contributed by atoms with van der Waals surface area (Å²) in [5.74, 6) is 0. The van der Waals surface area contributed by atoms with Gasteiger partial charge in [0.05, 0.1) is 15.9 Å². The molecule has 2 aromatic rings. The molecule has 0 saturated heterocycles. The average Bonchev–Trinajstić information content (AvgIpc) is 2.77. The summed E-state index contributed by atoms with van der Waals surface area (Å²) in [6.45, 7) is 2.10. The summed E-state index contributed by atoms with van der Waals surface area (Å²) >= 11 is 5.12. The SMILES string of the molecule is CCc1nn(C)c(Cc2cnc(N)s2)c1Br. The Balaban J connectivity index is 2.30. The topological polar surface area (TPSA) is 56.7 Å². The van der Waals surface area contributed by atoms with Crippen molar-refractivity contribution < 1.29 is 0 Å². The summed E-state index contributed by atoms with van der Waals surface area (Å²) in [5.41, 5.74) is 7.87. The summed E-state index contributed by atoms with van der Waals surface area (Å²) in [4.78, 5) is 5.21. The highest BCUT2D eigenvalue weighted by Crippen LogP contribution is 2.26. The summed E-state index contributed by atoms with van der Waals surface area (Å²) in [6.07, 6.45) is 3.57. The molecule has 0 saturated carbocycles. The Morgan fingerprint density at radius 3 is 2.81 bits per heavy atom. The highest BCUT2D eigenvalue weighted by atomic mass is 79.9. The summed E-state index contributed by atoms with van der Waals surface area (Å²) in [7, 11) is 1.96. The predicted octanol–water partition coefficient (Wildman–Crippen LogP) is 2.37. The Hall–Kier alpha value is -0.880. The molecule has 0 unspecified atom stereocenters. The van der Waals surface area contributed by atoms with Crippen molar-refractivity contribution in [1.29, 1.82) is 0 Å². The highest BCUT2D eigenvalue weighted by molar-refractivity contribution is 9.10. The second-order valence-corrected chi connectivity index (χ2v) is 5.47. The van der Waals surface area contributed by atoms with Crippen LogP contribution in [0.4, 0.5) is 5.13 Å². The lowest BCUT2D eigenvalue weighted by molar-refractivity contribution is 0.711. The maximum Gasteiger partial charge on any atom is 0.180 e. The van der Waals surface area contributed by atoms with Crippen LogP contribution in [0.5, 0.6) is 0 Å². The van der Waals surface area contributed by atoms with Crippen LogP contribution < -0.4 is 5.73 Å². The minimum absolute atomic E-state index is 0.615. The van der Waals surface area contributed by atoms with Crippen molar-refractivity contribution in [3.63, 3.8) is 0 Å². The van der Waals surface area contributed by atoms with Gasteiger partial charge in [-0.2, -0.15) is 5.10 Å². The number of halogens is 1. The van der Waals surface area contributed by atoms with Crippen molar-refractivity contribution >= 4 is 32.4 Å². The zero-order valence-electron chi connectivity index (χ0n) is 9.20. The molecule has 86 valence electrons. The van der Waals surface area contributed by atoms with Gasteiger partial charge in [-0.15, -0.1) is 11.3 Å². The molecule has 0 atom stereocenters. The summed E-state index contributed by atoms with van der Waals surface area (Å²) in [5, 5.41) is 5.07. The normalized spacial score (nSPS) is 10.9. The first-order valence-electron chi connectivity index (χ1n) is 5.02. The van der Waals surface area contributed by atoms with E-state index in [4.69, 9.17) is 5.73 Å². The first-order chi connectivity index (χ1) is 7.61. The second-order valence-electron chi connectivity index (χ2n) is 3.53. The van der Waals surface area contributed by atoms with E-state index in [1.54, 1.807) is 0 Å². The molecule has 4 nitrogen and oxygen atoms in total. The van der Waals surface area contributed by atoms with Gasteiger partial charge in [0.25, 0.3) is 0 Å². The fourth-order valence-electron chi connectivity index (χ4n) is 1.58. The third kappa shape index (κ3) is 2.12. The highest BCUT2D eigenvalue weighted by Gasteiger charge is 2.13. The molecule has 0 amide bonds. The molecule has 0 aliphatic rings. The zero-order valence-corrected chi connectivity index (χ0v) is 11.6. The lowest BCUT2D eigenvalue weighted by Crippen LogP contribution is -1.98. The Kier molecular flexibility index (Phi) is 3.30. The lowest BCUT2D eigenvalue weighted by atomic mass is 10.2. The molecule has 16 heavy (non-hydrogen) atoms. The van der Waals surface area contributed by atoms with Crippen LogP contribution in [0.25, 0.3) is 0 Å². The van der Waals surface area contributed by atoms with Gasteiger partial charge in [-0.25, -0.2) is 4.98 Å². The number of nitrogen functional groups attached to an aromatic ring is 1. The zero-order chi connectivity index (χ0) is 11.7. The van der Waals surface area contributed by atoms with Crippen LogP contribution >= 0.6 is 27.3 Å². The van der Waals surface area contributed by atoms with Crippen molar-refractivity contribution in [3.05, 3.63) is 26.9 Å². The van der Waals surface area contributed by atoms with Gasteiger partial charge >= 0.3 is 0 Å². The van der Waals surface area contributed by atoms with E-state index in [9.17, 15) is 0 Å². The van der Waals surface area contributed by atoms with Gasteiger partial charge in [0, 0.05) is 24.5 Å². The predicted molar refractivity (Wildman–Crippen MR) is 69.6 cm³/mol. The maximum atomic E-state index is 5.61. The minimum atomic E-state index is 0.615. The smallest absolute Gasteiger partial charge is 0.180 e. The third-order valence-electron chi connectivity index (χ3n) is 2.42. The monoisotopic (exact) mass is 300 g/mol. The number of nitrogens with two attached hydrogens (primary N) is 1. The molecule has 0 aliphatic heterocycles. The van der Waals surface area contributed by atoms with E-state index in [0.717, 1.165) is 27.9 Å². The van der Waals surface area contributed by atoms with Crippen molar-refractivity contribution in [1.82, 2.24) is 14.8 Å². The molecule has 6 heteroatoms. The molecule has 2 heterocycles. The van der Waals surface area contributed by atoms with Crippen LogP contribution in [0, 0.1) is 0 Å². The van der Waals surface area contributed by atoms with E-state index in [0.29, 0.717) is 5.13 Å². The second kappa shape index (κ2) is 4.55. The number of hydrogen-bond acceptors (Lipinski definition) is 4.